The summed E-state index contributed by atoms with van der Waals surface area (Å²) in [6.07, 6.45) is 11.9. The SMILES string of the molecule is CN(N)CCCNC(=O)c1cn2c(C(=O)NCCCC3CC3C34CCCC3C4)cccc2n1. The molecule has 4 unspecified atom stereocenters. The standard InChI is InChI=1S/C25H36N6O2/c1-30(26)13-5-12-27-23(32)20-16-31-21(8-2-9-22(31)29-20)24(33)28-11-4-6-17-14-19(17)25-10-3-7-18(25)15-25/h2,8-9,16-19H,3-7,10-15,26H2,1H3,(H,27,32)(H,28,33). The predicted molar refractivity (Wildman–Crippen MR) is 127 cm³/mol. The Kier molecular flexibility index (Phi) is 6.14. The number of pyridine rings is 1. The first-order chi connectivity index (χ1) is 16.0. The van der Waals surface area contributed by atoms with Crippen LogP contribution in [0.2, 0.25) is 0 Å². The molecular weight excluding hydrogens is 416 g/mol. The van der Waals surface area contributed by atoms with E-state index in [0.29, 0.717) is 36.7 Å². The number of amides is 2. The lowest BCUT2D eigenvalue weighted by Crippen LogP contribution is -2.31. The second-order valence-electron chi connectivity index (χ2n) is 10.4. The van der Waals surface area contributed by atoms with Crippen molar-refractivity contribution in [1.29, 1.82) is 0 Å². The number of hydrogen-bond donors (Lipinski definition) is 3. The smallest absolute Gasteiger partial charge is 0.271 e. The van der Waals surface area contributed by atoms with Gasteiger partial charge in [0.15, 0.2) is 0 Å². The van der Waals surface area contributed by atoms with Gasteiger partial charge in [0, 0.05) is 32.9 Å². The summed E-state index contributed by atoms with van der Waals surface area (Å²) in [5, 5.41) is 7.50. The molecule has 178 valence electrons. The Hall–Kier alpha value is -2.45. The molecule has 5 rings (SSSR count). The fourth-order valence-corrected chi connectivity index (χ4v) is 6.27. The molecule has 0 bridgehead atoms. The molecule has 4 atom stereocenters. The minimum absolute atomic E-state index is 0.125. The maximum atomic E-state index is 12.8. The van der Waals surface area contributed by atoms with Crippen molar-refractivity contribution < 1.29 is 9.59 Å². The van der Waals surface area contributed by atoms with Gasteiger partial charge in [0.25, 0.3) is 11.8 Å². The van der Waals surface area contributed by atoms with Crippen LogP contribution in [0.25, 0.3) is 5.65 Å². The molecule has 3 saturated carbocycles. The van der Waals surface area contributed by atoms with Crippen LogP contribution < -0.4 is 16.5 Å². The number of nitrogens with zero attached hydrogens (tertiary/aromatic N) is 3. The number of carbonyl (C=O) groups excluding carboxylic acids is 2. The molecule has 3 fully saturated rings. The third-order valence-corrected chi connectivity index (χ3v) is 8.10. The Morgan fingerprint density at radius 1 is 1.24 bits per heavy atom. The van der Waals surface area contributed by atoms with E-state index in [1.54, 1.807) is 40.9 Å². The van der Waals surface area contributed by atoms with Gasteiger partial charge in [0.2, 0.25) is 0 Å². The maximum absolute atomic E-state index is 12.8. The van der Waals surface area contributed by atoms with Gasteiger partial charge >= 0.3 is 0 Å². The Morgan fingerprint density at radius 3 is 2.82 bits per heavy atom. The highest BCUT2D eigenvalue weighted by molar-refractivity contribution is 5.95. The van der Waals surface area contributed by atoms with E-state index in [-0.39, 0.29) is 11.8 Å². The molecule has 4 N–H and O–H groups in total. The Balaban J connectivity index is 1.10. The molecule has 3 aliphatic carbocycles. The van der Waals surface area contributed by atoms with Crippen molar-refractivity contribution >= 4 is 17.5 Å². The lowest BCUT2D eigenvalue weighted by molar-refractivity contribution is 0.0936. The number of hydrogen-bond acceptors (Lipinski definition) is 5. The fraction of sp³-hybridized carbons (Fsp3) is 0.640. The number of fused-ring (bicyclic) bond motifs is 2. The number of imidazole rings is 1. The Labute approximate surface area is 195 Å². The van der Waals surface area contributed by atoms with E-state index >= 15 is 0 Å². The normalized spacial score (nSPS) is 27.5. The van der Waals surface area contributed by atoms with Crippen molar-refractivity contribution in [2.45, 2.75) is 51.4 Å². The number of rotatable bonds is 11. The van der Waals surface area contributed by atoms with Crippen LogP contribution in [0.1, 0.15) is 72.3 Å². The zero-order valence-corrected chi connectivity index (χ0v) is 19.6. The summed E-state index contributed by atoms with van der Waals surface area (Å²) in [6.45, 7) is 1.90. The van der Waals surface area contributed by atoms with Crippen LogP contribution in [-0.2, 0) is 0 Å². The minimum atomic E-state index is -0.247. The largest absolute Gasteiger partial charge is 0.351 e. The number of hydrazine groups is 1. The molecule has 2 amide bonds. The van der Waals surface area contributed by atoms with E-state index < -0.39 is 0 Å². The molecule has 2 heterocycles. The Bertz CT molecular complexity index is 1030. The third-order valence-electron chi connectivity index (χ3n) is 8.10. The maximum Gasteiger partial charge on any atom is 0.271 e. The van der Waals surface area contributed by atoms with E-state index in [1.807, 2.05) is 0 Å². The lowest BCUT2D eigenvalue weighted by atomic mass is 9.94. The molecule has 8 nitrogen and oxygen atoms in total. The molecule has 0 spiro atoms. The molecule has 8 heteroatoms. The summed E-state index contributed by atoms with van der Waals surface area (Å²) in [6, 6.07) is 5.38. The van der Waals surface area contributed by atoms with Crippen LogP contribution in [0.15, 0.2) is 24.4 Å². The Morgan fingerprint density at radius 2 is 2.06 bits per heavy atom. The van der Waals surface area contributed by atoms with Crippen LogP contribution in [0.5, 0.6) is 0 Å². The van der Waals surface area contributed by atoms with Gasteiger partial charge in [-0.3, -0.25) is 24.8 Å². The zero-order chi connectivity index (χ0) is 23.0. The van der Waals surface area contributed by atoms with Gasteiger partial charge in [0.1, 0.15) is 17.0 Å². The lowest BCUT2D eigenvalue weighted by Gasteiger charge is -2.11. The molecule has 2 aromatic rings. The first kappa shape index (κ1) is 22.3. The van der Waals surface area contributed by atoms with Crippen molar-refractivity contribution in [2.75, 3.05) is 26.7 Å². The van der Waals surface area contributed by atoms with Crippen LogP contribution >= 0.6 is 0 Å². The number of aromatic nitrogens is 2. The second kappa shape index (κ2) is 9.06. The molecule has 3 aliphatic rings. The van der Waals surface area contributed by atoms with Crippen molar-refractivity contribution in [3.05, 3.63) is 35.8 Å². The second-order valence-corrected chi connectivity index (χ2v) is 10.4. The minimum Gasteiger partial charge on any atom is -0.351 e. The summed E-state index contributed by atoms with van der Waals surface area (Å²) in [5.74, 6) is 8.11. The summed E-state index contributed by atoms with van der Waals surface area (Å²) in [5.41, 5.74) is 2.14. The third kappa shape index (κ3) is 4.64. The topological polar surface area (TPSA) is 105 Å². The van der Waals surface area contributed by atoms with Gasteiger partial charge < -0.3 is 10.6 Å². The number of nitrogens with one attached hydrogen (secondary N) is 2. The number of carbonyl (C=O) groups is 2. The molecule has 0 aliphatic heterocycles. The molecule has 0 aromatic carbocycles. The predicted octanol–water partition coefficient (Wildman–Crippen LogP) is 2.60. The molecule has 2 aromatic heterocycles. The summed E-state index contributed by atoms with van der Waals surface area (Å²) >= 11 is 0. The molecule has 0 saturated heterocycles. The van der Waals surface area contributed by atoms with Gasteiger partial charge in [-0.25, -0.2) is 4.98 Å². The highest BCUT2D eigenvalue weighted by Crippen LogP contribution is 2.75. The van der Waals surface area contributed by atoms with E-state index in [2.05, 4.69) is 15.6 Å². The van der Waals surface area contributed by atoms with Crippen molar-refractivity contribution in [1.82, 2.24) is 25.0 Å². The van der Waals surface area contributed by atoms with Gasteiger partial charge in [-0.05, 0) is 80.2 Å². The highest BCUT2D eigenvalue weighted by Gasteiger charge is 2.66. The molecule has 33 heavy (non-hydrogen) atoms. The van der Waals surface area contributed by atoms with Gasteiger partial charge in [-0.15, -0.1) is 0 Å². The summed E-state index contributed by atoms with van der Waals surface area (Å²) in [7, 11) is 1.79. The number of nitrogens with two attached hydrogens (primary N) is 1. The fourth-order valence-electron chi connectivity index (χ4n) is 6.27. The van der Waals surface area contributed by atoms with Crippen molar-refractivity contribution in [3.8, 4) is 0 Å². The van der Waals surface area contributed by atoms with Crippen LogP contribution in [0.3, 0.4) is 0 Å². The van der Waals surface area contributed by atoms with Gasteiger partial charge in [0.05, 0.1) is 0 Å². The van der Waals surface area contributed by atoms with E-state index in [1.165, 1.54) is 38.5 Å². The zero-order valence-electron chi connectivity index (χ0n) is 19.6. The average Bonchev–Trinajstić information content (AvgIpc) is 3.63. The quantitative estimate of drug-likeness (QED) is 0.276. The van der Waals surface area contributed by atoms with Gasteiger partial charge in [-0.2, -0.15) is 0 Å². The van der Waals surface area contributed by atoms with Crippen LogP contribution in [0, 0.1) is 23.2 Å². The molecular formula is C25H36N6O2. The summed E-state index contributed by atoms with van der Waals surface area (Å²) < 4.78 is 1.70. The van der Waals surface area contributed by atoms with Crippen LogP contribution in [-0.4, -0.2) is 52.9 Å². The monoisotopic (exact) mass is 452 g/mol. The van der Waals surface area contributed by atoms with E-state index in [0.717, 1.165) is 36.0 Å². The van der Waals surface area contributed by atoms with Gasteiger partial charge in [-0.1, -0.05) is 12.5 Å². The first-order valence-electron chi connectivity index (χ1n) is 12.5. The highest BCUT2D eigenvalue weighted by atomic mass is 16.2. The summed E-state index contributed by atoms with van der Waals surface area (Å²) in [4.78, 5) is 29.7. The van der Waals surface area contributed by atoms with Crippen LogP contribution in [0.4, 0.5) is 0 Å². The van der Waals surface area contributed by atoms with E-state index in [4.69, 9.17) is 5.84 Å². The molecule has 0 radical (unpaired) electrons. The van der Waals surface area contributed by atoms with Crippen molar-refractivity contribution in [2.24, 2.45) is 29.0 Å². The van der Waals surface area contributed by atoms with E-state index in [9.17, 15) is 9.59 Å². The van der Waals surface area contributed by atoms with Crippen molar-refractivity contribution in [3.63, 3.8) is 0 Å². The average molecular weight is 453 g/mol. The first-order valence-corrected chi connectivity index (χ1v) is 12.5.